The highest BCUT2D eigenvalue weighted by Crippen LogP contribution is 2.30. The third kappa shape index (κ3) is 3.90. The van der Waals surface area contributed by atoms with Crippen molar-refractivity contribution in [1.29, 1.82) is 0 Å². The Morgan fingerprint density at radius 3 is 2.52 bits per heavy atom. The molecule has 112 valence electrons. The van der Waals surface area contributed by atoms with E-state index >= 15 is 0 Å². The zero-order valence-electron chi connectivity index (χ0n) is 11.7. The molecule has 0 aliphatic carbocycles. The number of nitrogens with one attached hydrogen (secondary N) is 1. The second-order valence-corrected chi connectivity index (χ2v) is 4.74. The fraction of sp³-hybridized carbons (Fsp3) is 0.250. The van der Waals surface area contributed by atoms with E-state index in [1.807, 2.05) is 6.92 Å². The smallest absolute Gasteiger partial charge is 0.387 e. The monoisotopic (exact) mass is 295 g/mol. The quantitative estimate of drug-likeness (QED) is 0.846. The summed E-state index contributed by atoms with van der Waals surface area (Å²) >= 11 is 0. The van der Waals surface area contributed by atoms with Gasteiger partial charge in [-0.15, -0.1) is 0 Å². The molecule has 0 aromatic heterocycles. The Balaban J connectivity index is 2.24. The number of aryl methyl sites for hydroxylation is 1. The zero-order chi connectivity index (χ0) is 15.4. The molecule has 21 heavy (non-hydrogen) atoms. The molecule has 0 spiro atoms. The van der Waals surface area contributed by atoms with Crippen molar-refractivity contribution >= 4 is 5.69 Å². The van der Waals surface area contributed by atoms with Crippen LogP contribution in [0.1, 0.15) is 24.1 Å². The van der Waals surface area contributed by atoms with E-state index in [4.69, 9.17) is 0 Å². The maximum absolute atomic E-state index is 13.3. The summed E-state index contributed by atoms with van der Waals surface area (Å²) in [6, 6.07) is 10.7. The van der Waals surface area contributed by atoms with E-state index in [0.717, 1.165) is 5.56 Å². The maximum Gasteiger partial charge on any atom is 0.387 e. The number of hydrogen-bond acceptors (Lipinski definition) is 2. The van der Waals surface area contributed by atoms with Crippen molar-refractivity contribution in [2.75, 3.05) is 5.32 Å². The molecule has 2 aromatic carbocycles. The van der Waals surface area contributed by atoms with E-state index in [1.54, 1.807) is 31.2 Å². The van der Waals surface area contributed by atoms with Crippen LogP contribution in [0, 0.1) is 12.7 Å². The molecule has 0 radical (unpaired) electrons. The molecule has 0 saturated heterocycles. The van der Waals surface area contributed by atoms with E-state index in [2.05, 4.69) is 10.1 Å². The molecule has 0 saturated carbocycles. The largest absolute Gasteiger partial charge is 0.434 e. The van der Waals surface area contributed by atoms with Gasteiger partial charge < -0.3 is 10.1 Å². The van der Waals surface area contributed by atoms with Crippen LogP contribution in [0.2, 0.25) is 0 Å². The Kier molecular flexibility index (Phi) is 4.73. The van der Waals surface area contributed by atoms with Gasteiger partial charge in [0.2, 0.25) is 0 Å². The van der Waals surface area contributed by atoms with Crippen molar-refractivity contribution in [1.82, 2.24) is 0 Å². The number of benzene rings is 2. The average Bonchev–Trinajstić information content (AvgIpc) is 2.42. The van der Waals surface area contributed by atoms with Crippen LogP contribution in [-0.2, 0) is 0 Å². The van der Waals surface area contributed by atoms with Crippen molar-refractivity contribution in [3.63, 3.8) is 0 Å². The maximum atomic E-state index is 13.3. The molecule has 0 bridgehead atoms. The van der Waals surface area contributed by atoms with Crippen LogP contribution in [0.15, 0.2) is 42.5 Å². The summed E-state index contributed by atoms with van der Waals surface area (Å²) in [4.78, 5) is 0. The van der Waals surface area contributed by atoms with Gasteiger partial charge >= 0.3 is 6.61 Å². The number of anilines is 1. The Bertz CT molecular complexity index is 616. The minimum absolute atomic E-state index is 0.113. The summed E-state index contributed by atoms with van der Waals surface area (Å²) in [6.07, 6.45) is 0. The van der Waals surface area contributed by atoms with Crippen LogP contribution in [0.3, 0.4) is 0 Å². The highest BCUT2D eigenvalue weighted by Gasteiger charge is 2.15. The molecule has 2 aromatic rings. The Hall–Kier alpha value is -2.17. The van der Waals surface area contributed by atoms with Gasteiger partial charge in [-0.2, -0.15) is 8.78 Å². The normalized spacial score (nSPS) is 12.3. The summed E-state index contributed by atoms with van der Waals surface area (Å²) in [7, 11) is 0. The summed E-state index contributed by atoms with van der Waals surface area (Å²) in [5.41, 5.74) is 2.08. The van der Waals surface area contributed by atoms with Crippen molar-refractivity contribution in [2.24, 2.45) is 0 Å². The number of alkyl halides is 2. The molecule has 0 aliphatic rings. The van der Waals surface area contributed by atoms with Gasteiger partial charge in [-0.3, -0.25) is 0 Å². The molecule has 1 N–H and O–H groups in total. The van der Waals surface area contributed by atoms with Crippen molar-refractivity contribution in [3.8, 4) is 5.75 Å². The molecule has 2 nitrogen and oxygen atoms in total. The molecule has 0 aliphatic heterocycles. The molecular weight excluding hydrogens is 279 g/mol. The second kappa shape index (κ2) is 6.52. The Morgan fingerprint density at radius 2 is 1.81 bits per heavy atom. The predicted molar refractivity (Wildman–Crippen MR) is 76.2 cm³/mol. The van der Waals surface area contributed by atoms with E-state index in [1.165, 1.54) is 18.2 Å². The Labute approximate surface area is 121 Å². The van der Waals surface area contributed by atoms with Gasteiger partial charge in [-0.1, -0.05) is 24.3 Å². The number of rotatable bonds is 5. The molecule has 1 unspecified atom stereocenters. The topological polar surface area (TPSA) is 21.3 Å². The van der Waals surface area contributed by atoms with Crippen LogP contribution in [-0.4, -0.2) is 6.61 Å². The minimum Gasteiger partial charge on any atom is -0.434 e. The first-order chi connectivity index (χ1) is 9.97. The van der Waals surface area contributed by atoms with Gasteiger partial charge in [0.25, 0.3) is 0 Å². The fourth-order valence-corrected chi connectivity index (χ4v) is 2.10. The van der Waals surface area contributed by atoms with E-state index in [0.29, 0.717) is 11.3 Å². The van der Waals surface area contributed by atoms with Gasteiger partial charge in [0.15, 0.2) is 0 Å². The first kappa shape index (κ1) is 15.2. The first-order valence-electron chi connectivity index (χ1n) is 6.54. The van der Waals surface area contributed by atoms with E-state index < -0.39 is 6.61 Å². The van der Waals surface area contributed by atoms with E-state index in [9.17, 15) is 13.2 Å². The molecule has 0 heterocycles. The SMILES string of the molecule is Cc1ccc(F)cc1NC(C)c1ccccc1OC(F)F. The van der Waals surface area contributed by atoms with Crippen LogP contribution in [0.4, 0.5) is 18.9 Å². The fourth-order valence-electron chi connectivity index (χ4n) is 2.10. The summed E-state index contributed by atoms with van der Waals surface area (Å²) in [5, 5.41) is 3.12. The third-order valence-corrected chi connectivity index (χ3v) is 3.17. The van der Waals surface area contributed by atoms with Crippen LogP contribution in [0.25, 0.3) is 0 Å². The number of ether oxygens (including phenoxy) is 1. The van der Waals surface area contributed by atoms with Gasteiger partial charge in [0.05, 0.1) is 6.04 Å². The lowest BCUT2D eigenvalue weighted by Crippen LogP contribution is -2.11. The molecule has 0 fully saturated rings. The lowest BCUT2D eigenvalue weighted by atomic mass is 10.1. The lowest BCUT2D eigenvalue weighted by molar-refractivity contribution is -0.0505. The molecular formula is C16H16F3NO. The van der Waals surface area contributed by atoms with Gasteiger partial charge in [0.1, 0.15) is 11.6 Å². The molecule has 0 amide bonds. The minimum atomic E-state index is -2.88. The van der Waals surface area contributed by atoms with Crippen LogP contribution < -0.4 is 10.1 Å². The number of para-hydroxylation sites is 1. The summed E-state index contributed by atoms with van der Waals surface area (Å²) < 4.78 is 42.6. The van der Waals surface area contributed by atoms with Crippen molar-refractivity contribution in [3.05, 3.63) is 59.4 Å². The Morgan fingerprint density at radius 1 is 1.10 bits per heavy atom. The van der Waals surface area contributed by atoms with Gasteiger partial charge in [0, 0.05) is 11.3 Å². The molecule has 2 rings (SSSR count). The summed E-state index contributed by atoms with van der Waals surface area (Å²) in [5.74, 6) is -0.242. The number of halogens is 3. The first-order valence-corrected chi connectivity index (χ1v) is 6.54. The standard InChI is InChI=1S/C16H16F3NO/c1-10-7-8-12(17)9-14(10)20-11(2)13-5-3-4-6-15(13)21-16(18)19/h3-9,11,16,20H,1-2H3. The van der Waals surface area contributed by atoms with Gasteiger partial charge in [-0.25, -0.2) is 4.39 Å². The zero-order valence-corrected chi connectivity index (χ0v) is 11.7. The predicted octanol–water partition coefficient (Wildman–Crippen LogP) is 4.91. The highest BCUT2D eigenvalue weighted by molar-refractivity contribution is 5.53. The van der Waals surface area contributed by atoms with Crippen molar-refractivity contribution < 1.29 is 17.9 Å². The van der Waals surface area contributed by atoms with Crippen LogP contribution in [0.5, 0.6) is 5.75 Å². The second-order valence-electron chi connectivity index (χ2n) is 4.74. The van der Waals surface area contributed by atoms with Crippen LogP contribution >= 0.6 is 0 Å². The average molecular weight is 295 g/mol. The van der Waals surface area contributed by atoms with Crippen molar-refractivity contribution in [2.45, 2.75) is 26.5 Å². The van der Waals surface area contributed by atoms with Gasteiger partial charge in [-0.05, 0) is 37.6 Å². The molecule has 1 atom stereocenters. The highest BCUT2D eigenvalue weighted by atomic mass is 19.3. The summed E-state index contributed by atoms with van der Waals surface area (Å²) in [6.45, 7) is 0.767. The third-order valence-electron chi connectivity index (χ3n) is 3.17. The molecule has 5 heteroatoms. The number of hydrogen-bond donors (Lipinski definition) is 1. The van der Waals surface area contributed by atoms with E-state index in [-0.39, 0.29) is 17.6 Å². The lowest BCUT2D eigenvalue weighted by Gasteiger charge is -2.20.